The zero-order valence-electron chi connectivity index (χ0n) is 48.3. The summed E-state index contributed by atoms with van der Waals surface area (Å²) in [7, 11) is 0. The van der Waals surface area contributed by atoms with Crippen molar-refractivity contribution in [1.82, 2.24) is 0 Å². The third kappa shape index (κ3) is 10.7. The Bertz CT molecular complexity index is 4240. The van der Waals surface area contributed by atoms with Crippen LogP contribution in [0.15, 0.2) is 262 Å². The summed E-state index contributed by atoms with van der Waals surface area (Å²) >= 11 is -4.02. The van der Waals surface area contributed by atoms with E-state index in [1.54, 1.807) is 0 Å². The van der Waals surface area contributed by atoms with E-state index in [1.165, 1.54) is 96.1 Å². The summed E-state index contributed by atoms with van der Waals surface area (Å²) < 4.78 is 2.98. The summed E-state index contributed by atoms with van der Waals surface area (Å²) in [6.07, 6.45) is 11.4. The van der Waals surface area contributed by atoms with Crippen molar-refractivity contribution in [3.05, 3.63) is 272 Å². The first-order chi connectivity index (χ1) is 39.3. The quantitative estimate of drug-likeness (QED) is 0.0573. The topological polar surface area (TPSA) is 6.48 Å². The minimum absolute atomic E-state index is 0.895. The second-order valence-corrected chi connectivity index (χ2v) is 44.5. The number of fused-ring (bicyclic) bond motifs is 3. The average molecular weight is 1170 g/mol. The van der Waals surface area contributed by atoms with E-state index < -0.39 is 26.5 Å². The van der Waals surface area contributed by atoms with Crippen molar-refractivity contribution in [2.75, 3.05) is 9.80 Å². The summed E-state index contributed by atoms with van der Waals surface area (Å²) in [5.74, 6) is 14.7. The Labute approximate surface area is 485 Å². The van der Waals surface area contributed by atoms with Crippen molar-refractivity contribution in [3.63, 3.8) is 0 Å². The normalized spacial score (nSPS) is 12.6. The molecule has 0 heterocycles. The summed E-state index contributed by atoms with van der Waals surface area (Å²) in [6.45, 7) is 12.7. The van der Waals surface area contributed by atoms with Gasteiger partial charge in [0.25, 0.3) is 0 Å². The molecule has 0 aliphatic rings. The minimum atomic E-state index is -2.02. The fraction of sp³-hybridized carbons (Fsp3) is 0.117. The third-order valence-corrected chi connectivity index (χ3v) is 24.6. The molecule has 4 heteroatoms. The van der Waals surface area contributed by atoms with Gasteiger partial charge in [-0.15, -0.1) is 0 Å². The fourth-order valence-electron chi connectivity index (χ4n) is 12.0. The van der Waals surface area contributed by atoms with E-state index in [1.807, 2.05) is 18.2 Å². The zero-order chi connectivity index (χ0) is 56.4. The molecule has 0 aliphatic carbocycles. The van der Waals surface area contributed by atoms with Crippen LogP contribution in [0.2, 0.25) is 34.5 Å². The SMILES string of the molecule is C=C/C=C(\C=C)N(c1ccc(-c2c(=C/CC)/c(=C\C)c(-c3cccc(-c4c5ccccc5c(-c5ccc(N(c6ccccc6)c6cc[c]([Ge]([CH3])([CH3])[CH3])cc6)cc5)c5ccccc45)c3)c3ccccc23)cc1)c1cc[c]([Ge]([CH3])([CH3])[CH3])cc1. The first-order valence-electron chi connectivity index (χ1n) is 28.6. The van der Waals surface area contributed by atoms with Gasteiger partial charge in [0, 0.05) is 0 Å². The van der Waals surface area contributed by atoms with Crippen molar-refractivity contribution in [1.29, 1.82) is 0 Å². The number of hydrogen-bond acceptors (Lipinski definition) is 2. The Kier molecular flexibility index (Phi) is 15.6. The van der Waals surface area contributed by atoms with Gasteiger partial charge in [-0.05, 0) is 41.7 Å². The van der Waals surface area contributed by atoms with Crippen molar-refractivity contribution >= 4 is 108 Å². The van der Waals surface area contributed by atoms with E-state index in [2.05, 4.69) is 308 Å². The number of benzene rings is 11. The molecule has 0 atom stereocenters. The van der Waals surface area contributed by atoms with E-state index in [9.17, 15) is 0 Å². The molecule has 0 radical (unpaired) electrons. The van der Waals surface area contributed by atoms with Gasteiger partial charge in [0.15, 0.2) is 0 Å². The summed E-state index contributed by atoms with van der Waals surface area (Å²) in [5, 5.41) is 9.88. The van der Waals surface area contributed by atoms with Crippen molar-refractivity contribution in [2.24, 2.45) is 0 Å². The van der Waals surface area contributed by atoms with Crippen LogP contribution in [0.5, 0.6) is 0 Å². The van der Waals surface area contributed by atoms with Gasteiger partial charge in [-0.25, -0.2) is 0 Å². The molecule has 11 aromatic carbocycles. The van der Waals surface area contributed by atoms with E-state index in [0.29, 0.717) is 0 Å². The Morgan fingerprint density at radius 2 is 0.765 bits per heavy atom. The van der Waals surface area contributed by atoms with Crippen molar-refractivity contribution in [3.8, 4) is 44.5 Å². The molecule has 0 fully saturated rings. The van der Waals surface area contributed by atoms with Crippen LogP contribution in [0.3, 0.4) is 0 Å². The number of rotatable bonds is 15. The monoisotopic (exact) mass is 1170 g/mol. The Balaban J connectivity index is 1.02. The molecular formula is C77H72Ge2N2. The molecule has 0 spiro atoms. The first kappa shape index (κ1) is 54.8. The third-order valence-electron chi connectivity index (χ3n) is 15.9. The van der Waals surface area contributed by atoms with Crippen LogP contribution in [0, 0.1) is 0 Å². The molecule has 0 bridgehead atoms. The van der Waals surface area contributed by atoms with Crippen LogP contribution < -0.4 is 29.0 Å². The van der Waals surface area contributed by atoms with Crippen LogP contribution >= 0.6 is 0 Å². The molecule has 81 heavy (non-hydrogen) atoms. The second kappa shape index (κ2) is 23.1. The van der Waals surface area contributed by atoms with Gasteiger partial charge in [0.1, 0.15) is 0 Å². The molecule has 0 amide bonds. The van der Waals surface area contributed by atoms with Gasteiger partial charge in [0.05, 0.1) is 0 Å². The van der Waals surface area contributed by atoms with Gasteiger partial charge in [0.2, 0.25) is 0 Å². The Hall–Kier alpha value is -8.15. The van der Waals surface area contributed by atoms with Crippen molar-refractivity contribution in [2.45, 2.75) is 54.8 Å². The van der Waals surface area contributed by atoms with E-state index in [4.69, 9.17) is 0 Å². The Morgan fingerprint density at radius 1 is 0.395 bits per heavy atom. The molecule has 0 aliphatic heterocycles. The summed E-state index contributed by atoms with van der Waals surface area (Å²) in [6, 6.07) is 83.9. The molecule has 0 saturated heterocycles. The number of nitrogens with zero attached hydrogens (tertiary/aromatic N) is 2. The van der Waals surface area contributed by atoms with Crippen LogP contribution in [-0.2, 0) is 0 Å². The molecule has 2 nitrogen and oxygen atoms in total. The van der Waals surface area contributed by atoms with Crippen LogP contribution in [-0.4, -0.2) is 26.5 Å². The van der Waals surface area contributed by atoms with Crippen LogP contribution in [0.25, 0.3) is 89.0 Å². The number of anilines is 5. The summed E-state index contributed by atoms with van der Waals surface area (Å²) in [4.78, 5) is 4.66. The molecule has 0 saturated carbocycles. The second-order valence-electron chi connectivity index (χ2n) is 23.2. The van der Waals surface area contributed by atoms with E-state index >= 15 is 0 Å². The maximum atomic E-state index is 4.23. The summed E-state index contributed by atoms with van der Waals surface area (Å²) in [5.41, 5.74) is 16.3. The van der Waals surface area contributed by atoms with Gasteiger partial charge in [-0.1, -0.05) is 85.8 Å². The molecule has 0 aromatic heterocycles. The average Bonchev–Trinajstić information content (AvgIpc) is 3.65. The molecule has 398 valence electrons. The molecular weight excluding hydrogens is 1100 g/mol. The van der Waals surface area contributed by atoms with Gasteiger partial charge < -0.3 is 0 Å². The van der Waals surface area contributed by atoms with Gasteiger partial charge in [-0.2, -0.15) is 0 Å². The van der Waals surface area contributed by atoms with Crippen LogP contribution in [0.4, 0.5) is 28.4 Å². The van der Waals surface area contributed by atoms with E-state index in [0.717, 1.165) is 40.6 Å². The number of hydrogen-bond donors (Lipinski definition) is 0. The fourth-order valence-corrected chi connectivity index (χ4v) is 16.9. The first-order valence-corrected chi connectivity index (χ1v) is 43.3. The number of para-hydroxylation sites is 1. The number of allylic oxidation sites excluding steroid dienone is 3. The van der Waals surface area contributed by atoms with Gasteiger partial charge in [-0.3, -0.25) is 0 Å². The predicted molar refractivity (Wildman–Crippen MR) is 363 cm³/mol. The molecule has 11 rings (SSSR count). The van der Waals surface area contributed by atoms with Crippen LogP contribution in [0.1, 0.15) is 20.3 Å². The maximum absolute atomic E-state index is 4.23. The predicted octanol–water partition coefficient (Wildman–Crippen LogP) is 19.8. The van der Waals surface area contributed by atoms with Crippen molar-refractivity contribution < 1.29 is 0 Å². The van der Waals surface area contributed by atoms with Gasteiger partial charge >= 0.3 is 362 Å². The zero-order valence-corrected chi connectivity index (χ0v) is 52.5. The Morgan fingerprint density at radius 3 is 1.20 bits per heavy atom. The standard InChI is InChI=1S/C77H72Ge2N2/c1-11-25-60(13-3)80(64-49-41-58(42-50-64)78(5,6)7)62-45-37-54(38-46-62)74-67(26-12-2)66(14-4)76(71-34-21-18-31-68(71)74)56-27-24-28-57(53-56)77-72-35-22-19-32-69(72)75(70-33-20-23-36-73(70)77)55-39-47-63(48-40-55)81(61-29-16-15-17-30-61)65-51-43-59(44-52-65)79(8,9)10/h11,13-53H,1,3,12H2,2,4-10H3/b60-25+,66-14+,67-26+. The van der Waals surface area contributed by atoms with E-state index in [-0.39, 0.29) is 0 Å². The molecule has 0 N–H and O–H groups in total. The molecule has 0 unspecified atom stereocenters. The molecule has 11 aromatic rings.